The van der Waals surface area contributed by atoms with Gasteiger partial charge in [-0.25, -0.2) is 0 Å². The topological polar surface area (TPSA) is 18.5 Å². The Hall–Kier alpha value is 0.210. The Balaban J connectivity index is 2.88. The van der Waals surface area contributed by atoms with E-state index in [1.54, 1.807) is 14.2 Å². The highest BCUT2D eigenvalue weighted by Crippen LogP contribution is 2.04. The summed E-state index contributed by atoms with van der Waals surface area (Å²) in [5.41, 5.74) is -0.153. The van der Waals surface area contributed by atoms with Crippen molar-refractivity contribution in [2.45, 2.75) is 18.4 Å². The fourth-order valence-corrected chi connectivity index (χ4v) is 0.660. The van der Waals surface area contributed by atoms with E-state index in [0.717, 1.165) is 19.4 Å². The van der Waals surface area contributed by atoms with Gasteiger partial charge in [0.2, 0.25) is 0 Å². The zero-order chi connectivity index (χ0) is 7.11. The summed E-state index contributed by atoms with van der Waals surface area (Å²) in [5.74, 6) is 0. The van der Waals surface area contributed by atoms with Crippen LogP contribution in [0.3, 0.4) is 0 Å². The third-order valence-corrected chi connectivity index (χ3v) is 1.43. The molecule has 0 aliphatic heterocycles. The maximum Gasteiger partial charge on any atom is 0.130 e. The largest absolute Gasteiger partial charge is 0.385 e. The van der Waals surface area contributed by atoms with Gasteiger partial charge in [-0.2, -0.15) is 0 Å². The van der Waals surface area contributed by atoms with Crippen molar-refractivity contribution in [1.29, 1.82) is 0 Å². The second-order valence-electron chi connectivity index (χ2n) is 1.78. The van der Waals surface area contributed by atoms with Crippen LogP contribution in [0.2, 0.25) is 0 Å². The average molecular weight is 153 g/mol. The predicted octanol–water partition coefficient (Wildman–Crippen LogP) is 1.62. The highest BCUT2D eigenvalue weighted by atomic mass is 35.5. The Morgan fingerprint density at radius 3 is 2.56 bits per heavy atom. The average Bonchev–Trinajstić information content (AvgIpc) is 1.89. The van der Waals surface area contributed by atoms with Gasteiger partial charge in [-0.3, -0.25) is 0 Å². The molecule has 0 aromatic carbocycles. The summed E-state index contributed by atoms with van der Waals surface area (Å²) in [4.78, 5) is 0. The number of methoxy groups -OCH3 is 2. The molecule has 0 spiro atoms. The second kappa shape index (κ2) is 6.33. The molecule has 1 unspecified atom stereocenters. The van der Waals surface area contributed by atoms with Gasteiger partial charge in [-0.15, -0.1) is 0 Å². The lowest BCUT2D eigenvalue weighted by molar-refractivity contribution is 0.137. The monoisotopic (exact) mass is 152 g/mol. The lowest BCUT2D eigenvalue weighted by atomic mass is 10.3. The van der Waals surface area contributed by atoms with E-state index in [1.807, 2.05) is 0 Å². The third kappa shape index (κ3) is 6.09. The fourth-order valence-electron chi connectivity index (χ4n) is 0.506. The highest BCUT2D eigenvalue weighted by Gasteiger charge is 1.99. The van der Waals surface area contributed by atoms with Crippen LogP contribution in [0.5, 0.6) is 0 Å². The van der Waals surface area contributed by atoms with Crippen molar-refractivity contribution >= 4 is 11.6 Å². The molecule has 3 heteroatoms. The molecule has 0 heterocycles. The second-order valence-corrected chi connectivity index (χ2v) is 2.27. The lowest BCUT2D eigenvalue weighted by Crippen LogP contribution is -2.02. The molecule has 0 N–H and O–H groups in total. The highest BCUT2D eigenvalue weighted by molar-refractivity contribution is 6.19. The van der Waals surface area contributed by atoms with Crippen molar-refractivity contribution in [1.82, 2.24) is 0 Å². The van der Waals surface area contributed by atoms with Crippen molar-refractivity contribution < 1.29 is 9.47 Å². The molecule has 0 rings (SSSR count). The SMILES string of the molecule is COCCCC(Cl)OC. The first-order valence-corrected chi connectivity index (χ1v) is 3.40. The minimum absolute atomic E-state index is 0.153. The van der Waals surface area contributed by atoms with E-state index in [2.05, 4.69) is 0 Å². The molecule has 0 saturated heterocycles. The predicted molar refractivity (Wildman–Crippen MR) is 37.8 cm³/mol. The number of rotatable bonds is 5. The van der Waals surface area contributed by atoms with Crippen LogP contribution in [-0.4, -0.2) is 26.4 Å². The molecule has 56 valence electrons. The zero-order valence-electron chi connectivity index (χ0n) is 5.89. The summed E-state index contributed by atoms with van der Waals surface area (Å²) >= 11 is 5.62. The number of halogens is 1. The molecule has 0 fully saturated rings. The van der Waals surface area contributed by atoms with Crippen LogP contribution in [0.4, 0.5) is 0 Å². The summed E-state index contributed by atoms with van der Waals surface area (Å²) in [6, 6.07) is 0. The molecular weight excluding hydrogens is 140 g/mol. The minimum atomic E-state index is -0.153. The Labute approximate surface area is 61.1 Å². The first-order chi connectivity index (χ1) is 4.31. The molecule has 0 amide bonds. The molecular formula is C6H13ClO2. The van der Waals surface area contributed by atoms with E-state index in [0.29, 0.717) is 0 Å². The minimum Gasteiger partial charge on any atom is -0.385 e. The molecule has 1 atom stereocenters. The van der Waals surface area contributed by atoms with Gasteiger partial charge in [0.1, 0.15) is 5.56 Å². The first-order valence-electron chi connectivity index (χ1n) is 2.97. The van der Waals surface area contributed by atoms with E-state index in [-0.39, 0.29) is 5.56 Å². The van der Waals surface area contributed by atoms with Crippen LogP contribution in [-0.2, 0) is 9.47 Å². The van der Waals surface area contributed by atoms with Gasteiger partial charge >= 0.3 is 0 Å². The van der Waals surface area contributed by atoms with Crippen molar-refractivity contribution in [2.24, 2.45) is 0 Å². The smallest absolute Gasteiger partial charge is 0.130 e. The molecule has 0 radical (unpaired) electrons. The summed E-state index contributed by atoms with van der Waals surface area (Å²) in [5, 5.41) is 0. The summed E-state index contributed by atoms with van der Waals surface area (Å²) in [6.07, 6.45) is 1.81. The number of hydrogen-bond acceptors (Lipinski definition) is 2. The Morgan fingerprint density at radius 2 is 2.11 bits per heavy atom. The van der Waals surface area contributed by atoms with Crippen molar-refractivity contribution in [3.63, 3.8) is 0 Å². The summed E-state index contributed by atoms with van der Waals surface area (Å²) < 4.78 is 9.63. The molecule has 0 bridgehead atoms. The number of hydrogen-bond donors (Lipinski definition) is 0. The third-order valence-electron chi connectivity index (χ3n) is 1.04. The van der Waals surface area contributed by atoms with Gasteiger partial charge in [0, 0.05) is 20.8 Å². The molecule has 0 saturated carbocycles. The van der Waals surface area contributed by atoms with E-state index in [9.17, 15) is 0 Å². The van der Waals surface area contributed by atoms with Gasteiger partial charge in [-0.1, -0.05) is 11.6 Å². The van der Waals surface area contributed by atoms with Crippen LogP contribution in [0, 0.1) is 0 Å². The maximum atomic E-state index is 5.62. The van der Waals surface area contributed by atoms with E-state index in [4.69, 9.17) is 21.1 Å². The van der Waals surface area contributed by atoms with Gasteiger partial charge in [0.05, 0.1) is 0 Å². The molecule has 0 aliphatic carbocycles. The number of alkyl halides is 1. The lowest BCUT2D eigenvalue weighted by Gasteiger charge is -2.04. The molecule has 0 aliphatic rings. The Bertz CT molecular complexity index is 59.0. The molecule has 2 nitrogen and oxygen atoms in total. The van der Waals surface area contributed by atoms with Crippen molar-refractivity contribution in [2.75, 3.05) is 20.8 Å². The molecule has 9 heavy (non-hydrogen) atoms. The van der Waals surface area contributed by atoms with Gasteiger partial charge in [0.25, 0.3) is 0 Å². The van der Waals surface area contributed by atoms with Gasteiger partial charge < -0.3 is 9.47 Å². The van der Waals surface area contributed by atoms with Crippen molar-refractivity contribution in [3.8, 4) is 0 Å². The normalized spacial score (nSPS) is 13.7. The van der Waals surface area contributed by atoms with Crippen LogP contribution < -0.4 is 0 Å². The standard InChI is InChI=1S/C6H13ClO2/c1-8-5-3-4-6(7)9-2/h6H,3-5H2,1-2H3. The summed E-state index contributed by atoms with van der Waals surface area (Å²) in [6.45, 7) is 0.757. The van der Waals surface area contributed by atoms with Gasteiger partial charge in [0.15, 0.2) is 0 Å². The van der Waals surface area contributed by atoms with Crippen LogP contribution in [0.25, 0.3) is 0 Å². The van der Waals surface area contributed by atoms with Crippen LogP contribution in [0.15, 0.2) is 0 Å². The summed E-state index contributed by atoms with van der Waals surface area (Å²) in [7, 11) is 3.28. The van der Waals surface area contributed by atoms with Crippen LogP contribution >= 0.6 is 11.6 Å². The maximum absolute atomic E-state index is 5.62. The van der Waals surface area contributed by atoms with E-state index >= 15 is 0 Å². The van der Waals surface area contributed by atoms with Gasteiger partial charge in [-0.05, 0) is 12.8 Å². The van der Waals surface area contributed by atoms with Crippen LogP contribution in [0.1, 0.15) is 12.8 Å². The molecule has 0 aromatic rings. The van der Waals surface area contributed by atoms with Crippen molar-refractivity contribution in [3.05, 3.63) is 0 Å². The van der Waals surface area contributed by atoms with E-state index < -0.39 is 0 Å². The zero-order valence-corrected chi connectivity index (χ0v) is 6.65. The Morgan fingerprint density at radius 1 is 1.44 bits per heavy atom. The Kier molecular flexibility index (Phi) is 6.48. The van der Waals surface area contributed by atoms with E-state index in [1.165, 1.54) is 0 Å². The first kappa shape index (κ1) is 9.21. The fraction of sp³-hybridized carbons (Fsp3) is 1.00. The molecule has 0 aromatic heterocycles. The quantitative estimate of drug-likeness (QED) is 0.440. The number of ether oxygens (including phenoxy) is 2.